The SMILES string of the molecule is CC(C)C(=O)NCCC1CC2CCC1C2. The van der Waals surface area contributed by atoms with Gasteiger partial charge in [0.05, 0.1) is 0 Å². The monoisotopic (exact) mass is 209 g/mol. The van der Waals surface area contributed by atoms with Crippen LogP contribution in [0.4, 0.5) is 0 Å². The maximum Gasteiger partial charge on any atom is 0.222 e. The molecule has 3 atom stereocenters. The first-order chi connectivity index (χ1) is 7.16. The smallest absolute Gasteiger partial charge is 0.222 e. The van der Waals surface area contributed by atoms with Crippen molar-refractivity contribution in [1.82, 2.24) is 5.32 Å². The van der Waals surface area contributed by atoms with Gasteiger partial charge in [0.1, 0.15) is 0 Å². The first-order valence-corrected chi connectivity index (χ1v) is 6.44. The Hall–Kier alpha value is -0.530. The molecule has 0 aliphatic heterocycles. The third-order valence-electron chi connectivity index (χ3n) is 4.22. The lowest BCUT2D eigenvalue weighted by atomic mass is 9.86. The minimum atomic E-state index is 0.130. The molecule has 0 saturated heterocycles. The zero-order valence-corrected chi connectivity index (χ0v) is 9.96. The largest absolute Gasteiger partial charge is 0.356 e. The number of carbonyl (C=O) groups excluding carboxylic acids is 1. The predicted molar refractivity (Wildman–Crippen MR) is 61.4 cm³/mol. The second-order valence-corrected chi connectivity index (χ2v) is 5.67. The molecule has 15 heavy (non-hydrogen) atoms. The fraction of sp³-hybridized carbons (Fsp3) is 0.923. The summed E-state index contributed by atoms with van der Waals surface area (Å²) in [4.78, 5) is 11.4. The van der Waals surface area contributed by atoms with Crippen LogP contribution in [0.15, 0.2) is 0 Å². The van der Waals surface area contributed by atoms with Crippen LogP contribution < -0.4 is 5.32 Å². The van der Waals surface area contributed by atoms with E-state index in [0.717, 1.165) is 24.3 Å². The average molecular weight is 209 g/mol. The van der Waals surface area contributed by atoms with E-state index in [-0.39, 0.29) is 11.8 Å². The summed E-state index contributed by atoms with van der Waals surface area (Å²) in [5.41, 5.74) is 0. The molecule has 1 amide bonds. The van der Waals surface area contributed by atoms with Crippen molar-refractivity contribution in [3.05, 3.63) is 0 Å². The summed E-state index contributed by atoms with van der Waals surface area (Å²) in [6.07, 6.45) is 7.04. The highest BCUT2D eigenvalue weighted by Crippen LogP contribution is 2.49. The molecule has 2 fully saturated rings. The van der Waals surface area contributed by atoms with E-state index < -0.39 is 0 Å². The summed E-state index contributed by atoms with van der Waals surface area (Å²) in [7, 11) is 0. The van der Waals surface area contributed by atoms with Gasteiger partial charge < -0.3 is 5.32 Å². The first kappa shape index (κ1) is 11.0. The van der Waals surface area contributed by atoms with Crippen molar-refractivity contribution in [3.8, 4) is 0 Å². The van der Waals surface area contributed by atoms with Gasteiger partial charge in [0.15, 0.2) is 0 Å². The molecular formula is C13H23NO. The van der Waals surface area contributed by atoms with Crippen molar-refractivity contribution >= 4 is 5.91 Å². The Bertz CT molecular complexity index is 237. The summed E-state index contributed by atoms with van der Waals surface area (Å²) < 4.78 is 0. The number of nitrogens with one attached hydrogen (secondary N) is 1. The Morgan fingerprint density at radius 3 is 2.67 bits per heavy atom. The average Bonchev–Trinajstić information content (AvgIpc) is 2.78. The van der Waals surface area contributed by atoms with Crippen molar-refractivity contribution < 1.29 is 4.79 Å². The number of hydrogen-bond acceptors (Lipinski definition) is 1. The third-order valence-corrected chi connectivity index (χ3v) is 4.22. The van der Waals surface area contributed by atoms with Gasteiger partial charge in [-0.2, -0.15) is 0 Å². The second-order valence-electron chi connectivity index (χ2n) is 5.67. The molecule has 2 saturated carbocycles. The van der Waals surface area contributed by atoms with Gasteiger partial charge in [-0.1, -0.05) is 20.3 Å². The maximum absolute atomic E-state index is 11.4. The van der Waals surface area contributed by atoms with Gasteiger partial charge in [-0.25, -0.2) is 0 Å². The molecule has 0 heterocycles. The molecule has 0 aromatic heterocycles. The summed E-state index contributed by atoms with van der Waals surface area (Å²) >= 11 is 0. The van der Waals surface area contributed by atoms with Crippen molar-refractivity contribution in [1.29, 1.82) is 0 Å². The van der Waals surface area contributed by atoms with E-state index in [0.29, 0.717) is 0 Å². The molecule has 0 radical (unpaired) electrons. The minimum absolute atomic E-state index is 0.130. The molecule has 2 rings (SSSR count). The van der Waals surface area contributed by atoms with E-state index in [1.807, 2.05) is 13.8 Å². The Morgan fingerprint density at radius 2 is 2.13 bits per heavy atom. The number of rotatable bonds is 4. The fourth-order valence-electron chi connectivity index (χ4n) is 3.31. The Balaban J connectivity index is 1.65. The van der Waals surface area contributed by atoms with E-state index in [1.165, 1.54) is 32.1 Å². The summed E-state index contributed by atoms with van der Waals surface area (Å²) in [5, 5.41) is 3.03. The van der Waals surface area contributed by atoms with Crippen LogP contribution in [0.1, 0.15) is 46.0 Å². The lowest BCUT2D eigenvalue weighted by Gasteiger charge is -2.21. The Morgan fingerprint density at radius 1 is 1.33 bits per heavy atom. The Kier molecular flexibility index (Phi) is 3.32. The van der Waals surface area contributed by atoms with Gasteiger partial charge in [-0.3, -0.25) is 4.79 Å². The number of carbonyl (C=O) groups is 1. The minimum Gasteiger partial charge on any atom is -0.356 e. The lowest BCUT2D eigenvalue weighted by Crippen LogP contribution is -2.30. The van der Waals surface area contributed by atoms with Crippen molar-refractivity contribution in [2.75, 3.05) is 6.54 Å². The molecule has 2 heteroatoms. The predicted octanol–water partition coefficient (Wildman–Crippen LogP) is 2.58. The van der Waals surface area contributed by atoms with Gasteiger partial charge in [0.25, 0.3) is 0 Å². The molecule has 3 unspecified atom stereocenters. The molecule has 2 bridgehead atoms. The molecule has 1 N–H and O–H groups in total. The third kappa shape index (κ3) is 2.53. The number of fused-ring (bicyclic) bond motifs is 2. The maximum atomic E-state index is 11.4. The van der Waals surface area contributed by atoms with Crippen molar-refractivity contribution in [2.45, 2.75) is 46.0 Å². The molecular weight excluding hydrogens is 186 g/mol. The van der Waals surface area contributed by atoms with Crippen molar-refractivity contribution in [3.63, 3.8) is 0 Å². The second kappa shape index (κ2) is 4.54. The summed E-state index contributed by atoms with van der Waals surface area (Å²) in [6.45, 7) is 4.80. The highest BCUT2D eigenvalue weighted by molar-refractivity contribution is 5.77. The molecule has 2 nitrogen and oxygen atoms in total. The summed E-state index contributed by atoms with van der Waals surface area (Å²) in [5.74, 6) is 3.27. The molecule has 0 aromatic rings. The standard InChI is InChI=1S/C13H23NO/c1-9(2)13(15)14-6-5-12-8-10-3-4-11(12)7-10/h9-12H,3-8H2,1-2H3,(H,14,15). The fourth-order valence-corrected chi connectivity index (χ4v) is 3.31. The van der Waals surface area contributed by atoms with Gasteiger partial charge in [0.2, 0.25) is 5.91 Å². The van der Waals surface area contributed by atoms with E-state index in [2.05, 4.69) is 5.32 Å². The van der Waals surface area contributed by atoms with Crippen LogP contribution in [-0.2, 0) is 4.79 Å². The van der Waals surface area contributed by atoms with E-state index in [4.69, 9.17) is 0 Å². The Labute approximate surface area is 92.8 Å². The topological polar surface area (TPSA) is 29.1 Å². The molecule has 86 valence electrons. The van der Waals surface area contributed by atoms with Gasteiger partial charge in [-0.15, -0.1) is 0 Å². The van der Waals surface area contributed by atoms with Crippen molar-refractivity contribution in [2.24, 2.45) is 23.7 Å². The molecule has 2 aliphatic rings. The van der Waals surface area contributed by atoms with Gasteiger partial charge >= 0.3 is 0 Å². The molecule has 0 aromatic carbocycles. The first-order valence-electron chi connectivity index (χ1n) is 6.44. The van der Waals surface area contributed by atoms with Crippen LogP contribution in [0.2, 0.25) is 0 Å². The lowest BCUT2D eigenvalue weighted by molar-refractivity contribution is -0.124. The zero-order valence-electron chi connectivity index (χ0n) is 9.96. The highest BCUT2D eigenvalue weighted by Gasteiger charge is 2.38. The van der Waals surface area contributed by atoms with Gasteiger partial charge in [0, 0.05) is 12.5 Å². The zero-order chi connectivity index (χ0) is 10.8. The highest BCUT2D eigenvalue weighted by atomic mass is 16.1. The van der Waals surface area contributed by atoms with Crippen LogP contribution in [0.25, 0.3) is 0 Å². The number of hydrogen-bond donors (Lipinski definition) is 1. The normalized spacial score (nSPS) is 33.7. The van der Waals surface area contributed by atoms with Crippen LogP contribution in [0, 0.1) is 23.7 Å². The molecule has 2 aliphatic carbocycles. The quantitative estimate of drug-likeness (QED) is 0.757. The summed E-state index contributed by atoms with van der Waals surface area (Å²) in [6, 6.07) is 0. The van der Waals surface area contributed by atoms with E-state index >= 15 is 0 Å². The van der Waals surface area contributed by atoms with Gasteiger partial charge in [-0.05, 0) is 43.4 Å². The van der Waals surface area contributed by atoms with E-state index in [1.54, 1.807) is 0 Å². The van der Waals surface area contributed by atoms with Crippen LogP contribution in [0.3, 0.4) is 0 Å². The molecule has 0 spiro atoms. The van der Waals surface area contributed by atoms with Crippen LogP contribution in [0.5, 0.6) is 0 Å². The number of amides is 1. The van der Waals surface area contributed by atoms with E-state index in [9.17, 15) is 4.79 Å². The van der Waals surface area contributed by atoms with Crippen LogP contribution >= 0.6 is 0 Å². The van der Waals surface area contributed by atoms with Crippen LogP contribution in [-0.4, -0.2) is 12.5 Å².